The molecule has 0 unspecified atom stereocenters. The molecule has 0 spiro atoms. The lowest BCUT2D eigenvalue weighted by Gasteiger charge is -2.09. The molecule has 0 bridgehead atoms. The van der Waals surface area contributed by atoms with Crippen molar-refractivity contribution in [3.63, 3.8) is 0 Å². The van der Waals surface area contributed by atoms with Gasteiger partial charge in [0, 0.05) is 29.6 Å². The average molecular weight is 488 g/mol. The molecule has 3 aromatic heterocycles. The molecule has 11 heteroatoms. The number of amides is 1. The molecule has 0 fully saturated rings. The number of ether oxygens (including phenoxy) is 1. The zero-order valence-corrected chi connectivity index (χ0v) is 19.5. The Morgan fingerprint density at radius 1 is 1.17 bits per heavy atom. The maximum absolute atomic E-state index is 12.6. The van der Waals surface area contributed by atoms with Crippen LogP contribution in [0, 0.1) is 0 Å². The fraction of sp³-hybridized carbons (Fsp3) is 0.125. The predicted octanol–water partition coefficient (Wildman–Crippen LogP) is 3.65. The van der Waals surface area contributed by atoms with Gasteiger partial charge in [0.15, 0.2) is 0 Å². The van der Waals surface area contributed by atoms with Crippen LogP contribution in [0.5, 0.6) is 11.6 Å². The van der Waals surface area contributed by atoms with Crippen molar-refractivity contribution in [3.05, 3.63) is 66.5 Å². The third kappa shape index (κ3) is 4.80. The van der Waals surface area contributed by atoms with Crippen LogP contribution < -0.4 is 10.1 Å². The van der Waals surface area contributed by atoms with E-state index in [1.165, 1.54) is 11.8 Å². The number of imidazole rings is 1. The molecule has 176 valence electrons. The minimum atomic E-state index is -0.183. The van der Waals surface area contributed by atoms with Crippen LogP contribution in [-0.4, -0.2) is 60.8 Å². The summed E-state index contributed by atoms with van der Waals surface area (Å²) in [7, 11) is 1.57. The molecule has 2 aromatic carbocycles. The van der Waals surface area contributed by atoms with Gasteiger partial charge in [-0.25, -0.2) is 9.97 Å². The van der Waals surface area contributed by atoms with Crippen LogP contribution in [0.3, 0.4) is 0 Å². The van der Waals surface area contributed by atoms with Gasteiger partial charge in [-0.1, -0.05) is 6.07 Å². The molecule has 5 rings (SSSR count). The molecule has 0 aliphatic carbocycles. The molecule has 5 aromatic rings. The van der Waals surface area contributed by atoms with Crippen LogP contribution in [0.4, 0.5) is 0 Å². The Morgan fingerprint density at radius 2 is 2.09 bits per heavy atom. The second kappa shape index (κ2) is 9.85. The van der Waals surface area contributed by atoms with E-state index >= 15 is 0 Å². The number of carbonyl (C=O) groups is 1. The van der Waals surface area contributed by atoms with Crippen molar-refractivity contribution in [2.24, 2.45) is 0 Å². The molecule has 35 heavy (non-hydrogen) atoms. The quantitative estimate of drug-likeness (QED) is 0.192. The zero-order valence-electron chi connectivity index (χ0n) is 18.6. The van der Waals surface area contributed by atoms with Gasteiger partial charge >= 0.3 is 0 Å². The minimum absolute atomic E-state index is 0.0817. The summed E-state index contributed by atoms with van der Waals surface area (Å²) < 4.78 is 5.37. The monoisotopic (exact) mass is 487 g/mol. The first-order chi connectivity index (χ1) is 17.1. The normalized spacial score (nSPS) is 11.0. The van der Waals surface area contributed by atoms with E-state index in [2.05, 4.69) is 35.7 Å². The van der Waals surface area contributed by atoms with Gasteiger partial charge in [0.1, 0.15) is 16.6 Å². The Hall–Kier alpha value is -4.38. The van der Waals surface area contributed by atoms with Crippen molar-refractivity contribution in [2.75, 3.05) is 19.4 Å². The Kier molecular flexibility index (Phi) is 6.31. The average Bonchev–Trinajstić information content (AvgIpc) is 3.56. The number of H-pyrrole nitrogens is 2. The van der Waals surface area contributed by atoms with E-state index in [9.17, 15) is 9.90 Å². The summed E-state index contributed by atoms with van der Waals surface area (Å²) in [6.07, 6.45) is 3.29. The fourth-order valence-electron chi connectivity index (χ4n) is 3.63. The van der Waals surface area contributed by atoms with Crippen molar-refractivity contribution < 1.29 is 14.6 Å². The van der Waals surface area contributed by atoms with E-state index < -0.39 is 0 Å². The van der Waals surface area contributed by atoms with Crippen molar-refractivity contribution in [1.29, 1.82) is 0 Å². The molecule has 1 amide bonds. The molecule has 0 atom stereocenters. The van der Waals surface area contributed by atoms with E-state index in [0.717, 1.165) is 16.2 Å². The lowest BCUT2D eigenvalue weighted by atomic mass is 10.0. The second-order valence-corrected chi connectivity index (χ2v) is 8.64. The SMILES string of the molecule is COc1ncccc1-c1ccc(O)c(-c2nc3ccc(C(=O)NCCSc4cn[nH]n4)cc3[nH]2)c1. The molecule has 0 saturated heterocycles. The van der Waals surface area contributed by atoms with E-state index in [1.54, 1.807) is 49.8 Å². The Bertz CT molecular complexity index is 1480. The van der Waals surface area contributed by atoms with Crippen LogP contribution in [0.2, 0.25) is 0 Å². The largest absolute Gasteiger partial charge is 0.507 e. The molecule has 0 saturated carbocycles. The third-order valence-electron chi connectivity index (χ3n) is 5.30. The number of pyridine rings is 1. The van der Waals surface area contributed by atoms with Crippen LogP contribution in [-0.2, 0) is 0 Å². The maximum atomic E-state index is 12.6. The highest BCUT2D eigenvalue weighted by atomic mass is 32.2. The topological polar surface area (TPSA) is 142 Å². The van der Waals surface area contributed by atoms with Gasteiger partial charge in [0.25, 0.3) is 5.91 Å². The summed E-state index contributed by atoms with van der Waals surface area (Å²) in [5.41, 5.74) is 4.03. The molecule has 0 radical (unpaired) electrons. The molecule has 0 aliphatic heterocycles. The number of hydrogen-bond donors (Lipinski definition) is 4. The number of aromatic amines is 2. The number of nitrogens with one attached hydrogen (secondary N) is 3. The molecule has 0 aliphatic rings. The summed E-state index contributed by atoms with van der Waals surface area (Å²) in [6, 6.07) is 14.2. The van der Waals surface area contributed by atoms with Gasteiger partial charge in [-0.2, -0.15) is 10.3 Å². The number of nitrogens with zero attached hydrogens (tertiary/aromatic N) is 4. The number of fused-ring (bicyclic) bond motifs is 1. The number of methoxy groups -OCH3 is 1. The second-order valence-electron chi connectivity index (χ2n) is 7.52. The smallest absolute Gasteiger partial charge is 0.251 e. The molecular weight excluding hydrogens is 466 g/mol. The van der Waals surface area contributed by atoms with Crippen LogP contribution in [0.25, 0.3) is 33.5 Å². The van der Waals surface area contributed by atoms with Gasteiger partial charge in [0.2, 0.25) is 5.88 Å². The summed E-state index contributed by atoms with van der Waals surface area (Å²) in [4.78, 5) is 24.7. The number of aromatic hydroxyl groups is 1. The summed E-state index contributed by atoms with van der Waals surface area (Å²) in [5.74, 6) is 1.55. The number of carbonyl (C=O) groups excluding carboxylic acids is 1. The molecule has 10 nitrogen and oxygen atoms in total. The first-order valence-electron chi connectivity index (χ1n) is 10.7. The van der Waals surface area contributed by atoms with E-state index in [-0.39, 0.29) is 11.7 Å². The number of rotatable bonds is 8. The fourth-order valence-corrected chi connectivity index (χ4v) is 4.27. The summed E-state index contributed by atoms with van der Waals surface area (Å²) >= 11 is 1.50. The Balaban J connectivity index is 1.36. The van der Waals surface area contributed by atoms with E-state index in [4.69, 9.17) is 4.74 Å². The lowest BCUT2D eigenvalue weighted by Crippen LogP contribution is -2.25. The lowest BCUT2D eigenvalue weighted by molar-refractivity contribution is 0.0956. The first kappa shape index (κ1) is 22.4. The number of aromatic nitrogens is 6. The van der Waals surface area contributed by atoms with E-state index in [1.807, 2.05) is 18.2 Å². The van der Waals surface area contributed by atoms with Gasteiger partial charge < -0.3 is 20.1 Å². The standard InChI is InChI=1S/C24H21N7O3S/c1-34-24-16(3-2-8-26-24)14-5-7-20(32)17(11-14)22-28-18-6-4-15(12-19(18)29-22)23(33)25-9-10-35-21-13-27-31-30-21/h2-8,11-13,32H,9-10H2,1H3,(H,25,33)(H,28,29)(H,27,30,31). The maximum Gasteiger partial charge on any atom is 0.251 e. The highest BCUT2D eigenvalue weighted by Gasteiger charge is 2.15. The highest BCUT2D eigenvalue weighted by Crippen LogP contribution is 2.35. The number of phenols is 1. The van der Waals surface area contributed by atoms with Gasteiger partial charge in [-0.3, -0.25) is 4.79 Å². The van der Waals surface area contributed by atoms with Crippen molar-refractivity contribution >= 4 is 28.7 Å². The number of benzene rings is 2. The Morgan fingerprint density at radius 3 is 2.91 bits per heavy atom. The predicted molar refractivity (Wildman–Crippen MR) is 132 cm³/mol. The summed E-state index contributed by atoms with van der Waals surface area (Å²) in [5, 5.41) is 24.5. The number of thioether (sulfide) groups is 1. The van der Waals surface area contributed by atoms with Gasteiger partial charge in [0.05, 0.1) is 29.9 Å². The molecular formula is C24H21N7O3S. The summed E-state index contributed by atoms with van der Waals surface area (Å²) in [6.45, 7) is 0.487. The Labute approximate surface area is 204 Å². The van der Waals surface area contributed by atoms with Gasteiger partial charge in [-0.15, -0.1) is 16.9 Å². The number of phenolic OH excluding ortho intramolecular Hbond substituents is 1. The van der Waals surface area contributed by atoms with Crippen molar-refractivity contribution in [3.8, 4) is 34.1 Å². The van der Waals surface area contributed by atoms with Crippen molar-refractivity contribution in [2.45, 2.75) is 5.03 Å². The first-order valence-corrected chi connectivity index (χ1v) is 11.7. The van der Waals surface area contributed by atoms with Gasteiger partial charge in [-0.05, 0) is 48.0 Å². The zero-order chi connectivity index (χ0) is 24.2. The van der Waals surface area contributed by atoms with Crippen molar-refractivity contribution in [1.82, 2.24) is 35.7 Å². The highest BCUT2D eigenvalue weighted by molar-refractivity contribution is 7.99. The number of hydrogen-bond acceptors (Lipinski definition) is 8. The van der Waals surface area contributed by atoms with Crippen LogP contribution in [0.1, 0.15) is 10.4 Å². The third-order valence-corrected chi connectivity index (χ3v) is 6.20. The van der Waals surface area contributed by atoms with Crippen LogP contribution >= 0.6 is 11.8 Å². The van der Waals surface area contributed by atoms with Crippen LogP contribution in [0.15, 0.2) is 66.0 Å². The minimum Gasteiger partial charge on any atom is -0.507 e. The van der Waals surface area contributed by atoms with E-state index in [0.29, 0.717) is 46.2 Å². The molecule has 3 heterocycles. The molecule has 4 N–H and O–H groups in total.